The van der Waals surface area contributed by atoms with Crippen molar-refractivity contribution in [2.24, 2.45) is 0 Å². The lowest BCUT2D eigenvalue weighted by Gasteiger charge is -2.08. The first kappa shape index (κ1) is 8.24. The maximum Gasteiger partial charge on any atom is 0.0546 e. The average Bonchev–Trinajstić information content (AvgIpc) is 2.31. The van der Waals surface area contributed by atoms with E-state index >= 15 is 0 Å². The second kappa shape index (κ2) is 3.56. The van der Waals surface area contributed by atoms with Gasteiger partial charge in [0.05, 0.1) is 5.69 Å². The number of nitrogens with zero attached hydrogens (tertiary/aromatic N) is 1. The standard InChI is InChI=1S/C10H15NS/c1-8-9-6-4-2-3-5-7-10(9)12-11-8/h2-7H2,1H3. The van der Waals surface area contributed by atoms with Crippen LogP contribution in [0.15, 0.2) is 0 Å². The minimum absolute atomic E-state index is 1.28. The molecular weight excluding hydrogens is 166 g/mol. The molecule has 0 saturated carbocycles. The minimum Gasteiger partial charge on any atom is -0.197 e. The van der Waals surface area contributed by atoms with Crippen molar-refractivity contribution in [3.05, 3.63) is 16.1 Å². The molecule has 0 N–H and O–H groups in total. The van der Waals surface area contributed by atoms with Crippen LogP contribution < -0.4 is 0 Å². The Morgan fingerprint density at radius 3 is 2.67 bits per heavy atom. The van der Waals surface area contributed by atoms with Crippen molar-refractivity contribution in [1.82, 2.24) is 4.37 Å². The number of fused-ring (bicyclic) bond motifs is 1. The Hall–Kier alpha value is -0.370. The molecule has 1 nitrogen and oxygen atoms in total. The molecule has 1 aromatic heterocycles. The molecular formula is C10H15NS. The number of hydrogen-bond acceptors (Lipinski definition) is 2. The largest absolute Gasteiger partial charge is 0.197 e. The highest BCUT2D eigenvalue weighted by Gasteiger charge is 2.11. The number of hydrogen-bond donors (Lipinski definition) is 0. The number of aromatic nitrogens is 1. The smallest absolute Gasteiger partial charge is 0.0546 e. The molecule has 66 valence electrons. The van der Waals surface area contributed by atoms with Gasteiger partial charge in [0, 0.05) is 4.88 Å². The molecule has 1 aliphatic carbocycles. The first-order valence-electron chi connectivity index (χ1n) is 4.82. The van der Waals surface area contributed by atoms with E-state index in [4.69, 9.17) is 0 Å². The van der Waals surface area contributed by atoms with Gasteiger partial charge in [-0.15, -0.1) is 0 Å². The third kappa shape index (κ3) is 1.53. The number of rotatable bonds is 0. The van der Waals surface area contributed by atoms with E-state index in [1.807, 2.05) is 0 Å². The predicted molar refractivity (Wildman–Crippen MR) is 52.7 cm³/mol. The van der Waals surface area contributed by atoms with Gasteiger partial charge < -0.3 is 0 Å². The van der Waals surface area contributed by atoms with Crippen LogP contribution in [0, 0.1) is 6.92 Å². The summed E-state index contributed by atoms with van der Waals surface area (Å²) in [7, 11) is 0. The van der Waals surface area contributed by atoms with Crippen molar-refractivity contribution in [3.8, 4) is 0 Å². The van der Waals surface area contributed by atoms with Gasteiger partial charge in [-0.3, -0.25) is 0 Å². The van der Waals surface area contributed by atoms with Gasteiger partial charge in [-0.2, -0.15) is 4.37 Å². The maximum absolute atomic E-state index is 4.42. The fourth-order valence-corrected chi connectivity index (χ4v) is 2.85. The number of aryl methyl sites for hydroxylation is 2. The van der Waals surface area contributed by atoms with E-state index in [0.29, 0.717) is 0 Å². The van der Waals surface area contributed by atoms with Crippen LogP contribution in [0.4, 0.5) is 0 Å². The molecule has 0 bridgehead atoms. The molecule has 1 aromatic rings. The maximum atomic E-state index is 4.42. The van der Waals surface area contributed by atoms with Crippen molar-refractivity contribution in [2.75, 3.05) is 0 Å². The molecule has 0 radical (unpaired) electrons. The minimum atomic E-state index is 1.28. The van der Waals surface area contributed by atoms with Crippen molar-refractivity contribution < 1.29 is 0 Å². The molecule has 0 aromatic carbocycles. The Kier molecular flexibility index (Phi) is 2.45. The van der Waals surface area contributed by atoms with E-state index in [2.05, 4.69) is 11.3 Å². The summed E-state index contributed by atoms with van der Waals surface area (Å²) in [5.41, 5.74) is 2.86. The second-order valence-corrected chi connectivity index (χ2v) is 4.44. The van der Waals surface area contributed by atoms with Gasteiger partial charge in [0.15, 0.2) is 0 Å². The van der Waals surface area contributed by atoms with Gasteiger partial charge in [-0.05, 0) is 49.7 Å². The van der Waals surface area contributed by atoms with E-state index in [1.165, 1.54) is 44.2 Å². The van der Waals surface area contributed by atoms with Crippen molar-refractivity contribution >= 4 is 11.5 Å². The van der Waals surface area contributed by atoms with Gasteiger partial charge in [0.25, 0.3) is 0 Å². The molecule has 0 saturated heterocycles. The lowest BCUT2D eigenvalue weighted by molar-refractivity contribution is 0.620. The van der Waals surface area contributed by atoms with Crippen LogP contribution in [-0.2, 0) is 12.8 Å². The van der Waals surface area contributed by atoms with Gasteiger partial charge >= 0.3 is 0 Å². The third-order valence-corrected chi connectivity index (χ3v) is 3.68. The topological polar surface area (TPSA) is 12.9 Å². The molecule has 0 spiro atoms. The van der Waals surface area contributed by atoms with Gasteiger partial charge in [-0.25, -0.2) is 0 Å². The van der Waals surface area contributed by atoms with Crippen molar-refractivity contribution in [2.45, 2.75) is 45.4 Å². The van der Waals surface area contributed by atoms with Crippen molar-refractivity contribution in [1.29, 1.82) is 0 Å². The van der Waals surface area contributed by atoms with E-state index in [-0.39, 0.29) is 0 Å². The van der Waals surface area contributed by atoms with Crippen LogP contribution in [0.1, 0.15) is 41.8 Å². The quantitative estimate of drug-likeness (QED) is 0.599. The van der Waals surface area contributed by atoms with Crippen LogP contribution in [0.2, 0.25) is 0 Å². The monoisotopic (exact) mass is 181 g/mol. The Balaban J connectivity index is 2.26. The Morgan fingerprint density at radius 1 is 1.08 bits per heavy atom. The van der Waals surface area contributed by atoms with Crippen LogP contribution in [0.3, 0.4) is 0 Å². The fraction of sp³-hybridized carbons (Fsp3) is 0.700. The van der Waals surface area contributed by atoms with E-state index in [9.17, 15) is 0 Å². The Morgan fingerprint density at radius 2 is 1.83 bits per heavy atom. The van der Waals surface area contributed by atoms with Crippen LogP contribution in [0.25, 0.3) is 0 Å². The summed E-state index contributed by atoms with van der Waals surface area (Å²) in [6, 6.07) is 0. The van der Waals surface area contributed by atoms with Crippen molar-refractivity contribution in [3.63, 3.8) is 0 Å². The highest BCUT2D eigenvalue weighted by molar-refractivity contribution is 7.06. The predicted octanol–water partition coefficient (Wildman–Crippen LogP) is 3.11. The van der Waals surface area contributed by atoms with E-state index in [0.717, 1.165) is 0 Å². The molecule has 1 heterocycles. The fourth-order valence-electron chi connectivity index (χ4n) is 1.89. The zero-order valence-electron chi connectivity index (χ0n) is 7.60. The highest BCUT2D eigenvalue weighted by atomic mass is 32.1. The molecule has 0 fully saturated rings. The molecule has 12 heavy (non-hydrogen) atoms. The summed E-state index contributed by atoms with van der Waals surface area (Å²) in [6.07, 6.45) is 8.12. The zero-order chi connectivity index (χ0) is 8.39. The molecule has 0 amide bonds. The van der Waals surface area contributed by atoms with Gasteiger partial charge in [0.2, 0.25) is 0 Å². The zero-order valence-corrected chi connectivity index (χ0v) is 8.41. The lowest BCUT2D eigenvalue weighted by Crippen LogP contribution is -1.96. The highest BCUT2D eigenvalue weighted by Crippen LogP contribution is 2.25. The first-order chi connectivity index (χ1) is 5.88. The summed E-state index contributed by atoms with van der Waals surface area (Å²) in [5.74, 6) is 0. The second-order valence-electron chi connectivity index (χ2n) is 3.58. The molecule has 2 heteroatoms. The van der Waals surface area contributed by atoms with Gasteiger partial charge in [-0.1, -0.05) is 12.8 Å². The molecule has 0 atom stereocenters. The van der Waals surface area contributed by atoms with Crippen LogP contribution in [0.5, 0.6) is 0 Å². The SMILES string of the molecule is Cc1nsc2c1CCCCCC2. The van der Waals surface area contributed by atoms with Crippen LogP contribution >= 0.6 is 11.5 Å². The summed E-state index contributed by atoms with van der Waals surface area (Å²) in [6.45, 7) is 2.15. The summed E-state index contributed by atoms with van der Waals surface area (Å²) >= 11 is 1.72. The van der Waals surface area contributed by atoms with E-state index < -0.39 is 0 Å². The Labute approximate surface area is 78.0 Å². The first-order valence-corrected chi connectivity index (χ1v) is 5.59. The molecule has 2 rings (SSSR count). The lowest BCUT2D eigenvalue weighted by atomic mass is 9.98. The third-order valence-electron chi connectivity index (χ3n) is 2.65. The normalized spacial score (nSPS) is 18.1. The molecule has 0 aliphatic heterocycles. The molecule has 1 aliphatic rings. The van der Waals surface area contributed by atoms with Gasteiger partial charge in [0.1, 0.15) is 0 Å². The summed E-state index contributed by atoms with van der Waals surface area (Å²) in [4.78, 5) is 1.56. The average molecular weight is 181 g/mol. The Bertz CT molecular complexity index is 265. The molecule has 0 unspecified atom stereocenters. The summed E-state index contributed by atoms with van der Waals surface area (Å²) < 4.78 is 4.42. The van der Waals surface area contributed by atoms with E-state index in [1.54, 1.807) is 22.0 Å². The van der Waals surface area contributed by atoms with Crippen LogP contribution in [-0.4, -0.2) is 4.37 Å². The summed E-state index contributed by atoms with van der Waals surface area (Å²) in [5, 5.41) is 0.